The molecule has 0 saturated heterocycles. The van der Waals surface area contributed by atoms with E-state index in [1.165, 1.54) is 44.9 Å². The second-order valence-corrected chi connectivity index (χ2v) is 6.85. The van der Waals surface area contributed by atoms with Crippen molar-refractivity contribution in [3.63, 3.8) is 0 Å². The lowest BCUT2D eigenvalue weighted by atomic mass is 10.1. The quantitative estimate of drug-likeness (QED) is 0.364. The Balaban J connectivity index is 2.13. The molecule has 1 aromatic rings. The largest absolute Gasteiger partial charge is 0.491 e. The van der Waals surface area contributed by atoms with Gasteiger partial charge in [0.15, 0.2) is 0 Å². The third-order valence-electron chi connectivity index (χ3n) is 3.26. The molecule has 1 aromatic carbocycles. The van der Waals surface area contributed by atoms with E-state index in [2.05, 4.69) is 38.8 Å². The molecule has 114 valence electrons. The smallest absolute Gasteiger partial charge is 0.147 e. The zero-order chi connectivity index (χ0) is 14.8. The van der Waals surface area contributed by atoms with Crippen molar-refractivity contribution in [2.24, 2.45) is 0 Å². The van der Waals surface area contributed by atoms with Gasteiger partial charge >= 0.3 is 0 Å². The molecular formula is C16H25Br2NO. The molecule has 0 bridgehead atoms. The van der Waals surface area contributed by atoms with E-state index in [-0.39, 0.29) is 0 Å². The maximum absolute atomic E-state index is 5.82. The lowest BCUT2D eigenvalue weighted by molar-refractivity contribution is 0.301. The van der Waals surface area contributed by atoms with Gasteiger partial charge in [0.05, 0.1) is 15.6 Å². The predicted octanol–water partition coefficient (Wildman–Crippen LogP) is 6.31. The summed E-state index contributed by atoms with van der Waals surface area (Å²) in [7, 11) is 0. The van der Waals surface area contributed by atoms with Gasteiger partial charge in [-0.2, -0.15) is 0 Å². The van der Waals surface area contributed by atoms with Gasteiger partial charge in [0.2, 0.25) is 0 Å². The van der Waals surface area contributed by atoms with Crippen LogP contribution in [0, 0.1) is 0 Å². The third kappa shape index (κ3) is 6.98. The van der Waals surface area contributed by atoms with Crippen molar-refractivity contribution in [2.75, 3.05) is 12.3 Å². The van der Waals surface area contributed by atoms with Gasteiger partial charge < -0.3 is 10.5 Å². The van der Waals surface area contributed by atoms with Crippen molar-refractivity contribution >= 4 is 37.5 Å². The van der Waals surface area contributed by atoms with Crippen molar-refractivity contribution < 1.29 is 4.74 Å². The summed E-state index contributed by atoms with van der Waals surface area (Å²) < 4.78 is 7.63. The van der Waals surface area contributed by atoms with Gasteiger partial charge in [0.1, 0.15) is 5.75 Å². The van der Waals surface area contributed by atoms with Crippen LogP contribution in [0.1, 0.15) is 58.3 Å². The molecule has 0 radical (unpaired) electrons. The Morgan fingerprint density at radius 2 is 1.40 bits per heavy atom. The zero-order valence-electron chi connectivity index (χ0n) is 12.3. The second kappa shape index (κ2) is 10.5. The number of benzene rings is 1. The molecule has 0 aliphatic heterocycles. The highest BCUT2D eigenvalue weighted by atomic mass is 79.9. The Morgan fingerprint density at radius 3 is 1.95 bits per heavy atom. The molecule has 0 amide bonds. The summed E-state index contributed by atoms with van der Waals surface area (Å²) in [6.07, 6.45) is 10.5. The van der Waals surface area contributed by atoms with Crippen LogP contribution in [-0.4, -0.2) is 6.61 Å². The van der Waals surface area contributed by atoms with E-state index in [4.69, 9.17) is 10.5 Å². The van der Waals surface area contributed by atoms with E-state index in [0.717, 1.165) is 33.4 Å². The summed E-state index contributed by atoms with van der Waals surface area (Å²) in [4.78, 5) is 0. The van der Waals surface area contributed by atoms with Crippen LogP contribution in [0.25, 0.3) is 0 Å². The topological polar surface area (TPSA) is 35.2 Å². The molecule has 0 heterocycles. The van der Waals surface area contributed by atoms with Crippen LogP contribution in [0.4, 0.5) is 5.69 Å². The summed E-state index contributed by atoms with van der Waals surface area (Å²) in [5.41, 5.74) is 6.48. The molecule has 1 rings (SSSR count). The molecule has 0 unspecified atom stereocenters. The molecule has 4 heteroatoms. The van der Waals surface area contributed by atoms with E-state index >= 15 is 0 Å². The molecule has 0 saturated carbocycles. The van der Waals surface area contributed by atoms with Gasteiger partial charge in [0.25, 0.3) is 0 Å². The average Bonchev–Trinajstić information content (AvgIpc) is 2.39. The van der Waals surface area contributed by atoms with Crippen LogP contribution in [0.2, 0.25) is 0 Å². The molecule has 20 heavy (non-hydrogen) atoms. The average molecular weight is 407 g/mol. The van der Waals surface area contributed by atoms with E-state index in [0.29, 0.717) is 0 Å². The highest BCUT2D eigenvalue weighted by molar-refractivity contribution is 9.11. The first-order valence-corrected chi connectivity index (χ1v) is 9.11. The van der Waals surface area contributed by atoms with Gasteiger partial charge in [-0.25, -0.2) is 0 Å². The first-order chi connectivity index (χ1) is 9.65. The van der Waals surface area contributed by atoms with E-state index in [1.54, 1.807) is 0 Å². The van der Waals surface area contributed by atoms with Gasteiger partial charge in [-0.3, -0.25) is 0 Å². The number of hydrogen-bond donors (Lipinski definition) is 1. The van der Waals surface area contributed by atoms with Gasteiger partial charge in [0, 0.05) is 5.69 Å². The molecule has 0 atom stereocenters. The molecule has 0 spiro atoms. The third-order valence-corrected chi connectivity index (χ3v) is 4.44. The number of hydrogen-bond acceptors (Lipinski definition) is 2. The number of ether oxygens (including phenoxy) is 1. The van der Waals surface area contributed by atoms with E-state index in [9.17, 15) is 0 Å². The minimum Gasteiger partial charge on any atom is -0.491 e. The summed E-state index contributed by atoms with van der Waals surface area (Å²) in [6, 6.07) is 3.74. The SMILES string of the molecule is CCCCCCCCCCOc1c(Br)cc(N)cc1Br. The normalized spacial score (nSPS) is 10.8. The monoisotopic (exact) mass is 405 g/mol. The minimum absolute atomic E-state index is 0.725. The number of nitrogens with two attached hydrogens (primary N) is 1. The van der Waals surface area contributed by atoms with Crippen molar-refractivity contribution in [1.29, 1.82) is 0 Å². The molecule has 0 fully saturated rings. The Bertz CT molecular complexity index is 373. The van der Waals surface area contributed by atoms with Crippen LogP contribution in [0.5, 0.6) is 5.75 Å². The molecule has 2 N–H and O–H groups in total. The fourth-order valence-electron chi connectivity index (χ4n) is 2.13. The fraction of sp³-hybridized carbons (Fsp3) is 0.625. The summed E-state index contributed by atoms with van der Waals surface area (Å²) >= 11 is 6.96. The van der Waals surface area contributed by atoms with Crippen molar-refractivity contribution in [1.82, 2.24) is 0 Å². The first kappa shape index (κ1) is 17.8. The number of halogens is 2. The second-order valence-electron chi connectivity index (χ2n) is 5.14. The van der Waals surface area contributed by atoms with Crippen LogP contribution >= 0.6 is 31.9 Å². The fourth-order valence-corrected chi connectivity index (χ4v) is 3.58. The number of unbranched alkanes of at least 4 members (excludes halogenated alkanes) is 7. The summed E-state index contributed by atoms with van der Waals surface area (Å²) in [6.45, 7) is 3.01. The minimum atomic E-state index is 0.725. The number of nitrogen functional groups attached to an aromatic ring is 1. The number of anilines is 1. The molecule has 2 nitrogen and oxygen atoms in total. The maximum Gasteiger partial charge on any atom is 0.147 e. The maximum atomic E-state index is 5.82. The molecule has 0 aliphatic carbocycles. The van der Waals surface area contributed by atoms with Crippen LogP contribution in [0.15, 0.2) is 21.1 Å². The lowest BCUT2D eigenvalue weighted by Crippen LogP contribution is -1.99. The molecular weight excluding hydrogens is 382 g/mol. The van der Waals surface area contributed by atoms with Gasteiger partial charge in [-0.05, 0) is 50.4 Å². The molecule has 0 aliphatic rings. The van der Waals surface area contributed by atoms with Crippen LogP contribution < -0.4 is 10.5 Å². The summed E-state index contributed by atoms with van der Waals surface area (Å²) in [5.74, 6) is 0.849. The Kier molecular flexibility index (Phi) is 9.36. The van der Waals surface area contributed by atoms with Crippen LogP contribution in [-0.2, 0) is 0 Å². The van der Waals surface area contributed by atoms with Gasteiger partial charge in [-0.1, -0.05) is 51.9 Å². The summed E-state index contributed by atoms with van der Waals surface area (Å²) in [5, 5.41) is 0. The molecule has 0 aromatic heterocycles. The van der Waals surface area contributed by atoms with Crippen molar-refractivity contribution in [3.05, 3.63) is 21.1 Å². The highest BCUT2D eigenvalue weighted by Gasteiger charge is 2.07. The Morgan fingerprint density at radius 1 is 0.900 bits per heavy atom. The van der Waals surface area contributed by atoms with Crippen molar-refractivity contribution in [2.45, 2.75) is 58.3 Å². The predicted molar refractivity (Wildman–Crippen MR) is 94.4 cm³/mol. The highest BCUT2D eigenvalue weighted by Crippen LogP contribution is 2.35. The van der Waals surface area contributed by atoms with Gasteiger partial charge in [-0.15, -0.1) is 0 Å². The van der Waals surface area contributed by atoms with E-state index < -0.39 is 0 Å². The van der Waals surface area contributed by atoms with E-state index in [1.807, 2.05) is 12.1 Å². The van der Waals surface area contributed by atoms with Crippen molar-refractivity contribution in [3.8, 4) is 5.75 Å². The zero-order valence-corrected chi connectivity index (χ0v) is 15.4. The lowest BCUT2D eigenvalue weighted by Gasteiger charge is -2.11. The number of rotatable bonds is 10. The first-order valence-electron chi connectivity index (χ1n) is 7.52. The standard InChI is InChI=1S/C16H25Br2NO/c1-2-3-4-5-6-7-8-9-10-20-16-14(17)11-13(19)12-15(16)18/h11-12H,2-10,19H2,1H3. The van der Waals surface area contributed by atoms with Crippen LogP contribution in [0.3, 0.4) is 0 Å². The Labute approximate surface area is 139 Å². The Hall–Kier alpha value is -0.220.